The summed E-state index contributed by atoms with van der Waals surface area (Å²) in [4.78, 5) is 15.4. The van der Waals surface area contributed by atoms with E-state index >= 15 is 0 Å². The van der Waals surface area contributed by atoms with Crippen molar-refractivity contribution in [1.82, 2.24) is 10.3 Å². The van der Waals surface area contributed by atoms with Crippen LogP contribution < -0.4 is 10.1 Å². The van der Waals surface area contributed by atoms with Crippen LogP contribution in [0.3, 0.4) is 0 Å². The van der Waals surface area contributed by atoms with E-state index in [1.54, 1.807) is 0 Å². The van der Waals surface area contributed by atoms with E-state index in [1.165, 1.54) is 0 Å². The molecule has 112 valence electrons. The highest BCUT2D eigenvalue weighted by Gasteiger charge is 2.09. The third kappa shape index (κ3) is 3.11. The molecule has 0 aliphatic rings. The second-order valence-electron chi connectivity index (χ2n) is 5.03. The van der Waals surface area contributed by atoms with Gasteiger partial charge in [0, 0.05) is 17.4 Å². The van der Waals surface area contributed by atoms with Crippen LogP contribution in [0.4, 0.5) is 0 Å². The minimum Gasteiger partial charge on any atom is -0.494 e. The summed E-state index contributed by atoms with van der Waals surface area (Å²) >= 11 is 0. The summed E-state index contributed by atoms with van der Waals surface area (Å²) in [5.41, 5.74) is 2.54. The predicted octanol–water partition coefficient (Wildman–Crippen LogP) is 3.50. The molecule has 0 bridgehead atoms. The van der Waals surface area contributed by atoms with Gasteiger partial charge in [-0.15, -0.1) is 0 Å². The smallest absolute Gasteiger partial charge is 0.267 e. The number of aromatic amines is 1. The molecule has 0 atom stereocenters. The fourth-order valence-electron chi connectivity index (χ4n) is 2.39. The van der Waals surface area contributed by atoms with Crippen LogP contribution in [0, 0.1) is 0 Å². The van der Waals surface area contributed by atoms with Crippen LogP contribution in [0.2, 0.25) is 0 Å². The number of nitrogens with one attached hydrogen (secondary N) is 2. The van der Waals surface area contributed by atoms with Gasteiger partial charge in [0.15, 0.2) is 0 Å². The molecule has 1 heterocycles. The maximum atomic E-state index is 12.2. The number of rotatable bonds is 5. The first-order valence-electron chi connectivity index (χ1n) is 7.34. The Morgan fingerprint density at radius 1 is 1.14 bits per heavy atom. The molecule has 0 fully saturated rings. The lowest BCUT2D eigenvalue weighted by Crippen LogP contribution is -2.23. The van der Waals surface area contributed by atoms with E-state index in [1.807, 2.05) is 61.5 Å². The molecule has 0 unspecified atom stereocenters. The highest BCUT2D eigenvalue weighted by molar-refractivity contribution is 5.97. The summed E-state index contributed by atoms with van der Waals surface area (Å²) in [6.07, 6.45) is 0. The molecular formula is C18H18N2O2. The molecule has 4 nitrogen and oxygen atoms in total. The fraction of sp³-hybridized carbons (Fsp3) is 0.167. The number of para-hydroxylation sites is 1. The Labute approximate surface area is 129 Å². The number of hydrogen-bond acceptors (Lipinski definition) is 2. The zero-order valence-electron chi connectivity index (χ0n) is 12.4. The van der Waals surface area contributed by atoms with Crippen molar-refractivity contribution < 1.29 is 9.53 Å². The Bertz CT molecular complexity index is 759. The van der Waals surface area contributed by atoms with Gasteiger partial charge >= 0.3 is 0 Å². The van der Waals surface area contributed by atoms with E-state index < -0.39 is 0 Å². The first kappa shape index (κ1) is 14.2. The van der Waals surface area contributed by atoms with Crippen molar-refractivity contribution in [3.8, 4) is 5.75 Å². The van der Waals surface area contributed by atoms with Crippen molar-refractivity contribution in [3.05, 3.63) is 65.9 Å². The number of ether oxygens (including phenoxy) is 1. The van der Waals surface area contributed by atoms with E-state index in [0.717, 1.165) is 22.2 Å². The maximum absolute atomic E-state index is 12.2. The van der Waals surface area contributed by atoms with Crippen LogP contribution in [0.15, 0.2) is 54.6 Å². The summed E-state index contributed by atoms with van der Waals surface area (Å²) in [6, 6.07) is 17.4. The first-order chi connectivity index (χ1) is 10.8. The molecule has 0 radical (unpaired) electrons. The monoisotopic (exact) mass is 294 g/mol. The van der Waals surface area contributed by atoms with Crippen molar-refractivity contribution >= 4 is 16.8 Å². The van der Waals surface area contributed by atoms with Gasteiger partial charge in [-0.3, -0.25) is 4.79 Å². The van der Waals surface area contributed by atoms with E-state index in [2.05, 4.69) is 10.3 Å². The van der Waals surface area contributed by atoms with E-state index in [4.69, 9.17) is 4.74 Å². The summed E-state index contributed by atoms with van der Waals surface area (Å²) in [7, 11) is 0. The molecule has 0 aliphatic carbocycles. The highest BCUT2D eigenvalue weighted by Crippen LogP contribution is 2.15. The molecule has 0 spiro atoms. The van der Waals surface area contributed by atoms with Gasteiger partial charge in [-0.1, -0.05) is 30.3 Å². The quantitative estimate of drug-likeness (QED) is 0.756. The van der Waals surface area contributed by atoms with E-state index in [-0.39, 0.29) is 5.91 Å². The van der Waals surface area contributed by atoms with Crippen LogP contribution in [0.1, 0.15) is 23.0 Å². The van der Waals surface area contributed by atoms with Crippen molar-refractivity contribution in [2.45, 2.75) is 13.5 Å². The lowest BCUT2D eigenvalue weighted by molar-refractivity contribution is 0.0946. The average molecular weight is 294 g/mol. The number of H-pyrrole nitrogens is 1. The van der Waals surface area contributed by atoms with Crippen molar-refractivity contribution in [2.24, 2.45) is 0 Å². The van der Waals surface area contributed by atoms with E-state index in [0.29, 0.717) is 18.8 Å². The molecule has 0 aliphatic heterocycles. The Morgan fingerprint density at radius 3 is 2.82 bits per heavy atom. The lowest BCUT2D eigenvalue weighted by atomic mass is 10.2. The predicted molar refractivity (Wildman–Crippen MR) is 87.1 cm³/mol. The second-order valence-corrected chi connectivity index (χ2v) is 5.03. The van der Waals surface area contributed by atoms with Gasteiger partial charge in [0.2, 0.25) is 0 Å². The normalized spacial score (nSPS) is 10.6. The number of aromatic nitrogens is 1. The average Bonchev–Trinajstić information content (AvgIpc) is 2.97. The minimum absolute atomic E-state index is 0.113. The van der Waals surface area contributed by atoms with Gasteiger partial charge in [0.05, 0.1) is 6.61 Å². The topological polar surface area (TPSA) is 54.1 Å². The van der Waals surface area contributed by atoms with Crippen LogP contribution >= 0.6 is 0 Å². The van der Waals surface area contributed by atoms with Crippen LogP contribution in [0.5, 0.6) is 5.75 Å². The number of hydrogen-bond donors (Lipinski definition) is 2. The number of carbonyl (C=O) groups is 1. The molecular weight excluding hydrogens is 276 g/mol. The standard InChI is InChI=1S/C18H18N2O2/c1-2-22-15-8-5-6-13(10-15)12-19-18(21)17-11-14-7-3-4-9-16(14)20-17/h3-11,20H,2,12H2,1H3,(H,19,21). The molecule has 22 heavy (non-hydrogen) atoms. The molecule has 3 rings (SSSR count). The number of carbonyl (C=O) groups excluding carboxylic acids is 1. The third-order valence-corrected chi connectivity index (χ3v) is 3.44. The summed E-state index contributed by atoms with van der Waals surface area (Å²) < 4.78 is 5.46. The zero-order chi connectivity index (χ0) is 15.4. The lowest BCUT2D eigenvalue weighted by Gasteiger charge is -2.07. The van der Waals surface area contributed by atoms with Crippen molar-refractivity contribution in [3.63, 3.8) is 0 Å². The van der Waals surface area contributed by atoms with Gasteiger partial charge in [-0.25, -0.2) is 0 Å². The largest absolute Gasteiger partial charge is 0.494 e. The van der Waals surface area contributed by atoms with E-state index in [9.17, 15) is 4.79 Å². The molecule has 0 saturated carbocycles. The first-order valence-corrected chi connectivity index (χ1v) is 7.34. The Balaban J connectivity index is 1.68. The Morgan fingerprint density at radius 2 is 2.00 bits per heavy atom. The highest BCUT2D eigenvalue weighted by atomic mass is 16.5. The van der Waals surface area contributed by atoms with Crippen LogP contribution in [0.25, 0.3) is 10.9 Å². The van der Waals surface area contributed by atoms with Gasteiger partial charge < -0.3 is 15.0 Å². The molecule has 0 saturated heterocycles. The van der Waals surface area contributed by atoms with Gasteiger partial charge in [0.1, 0.15) is 11.4 Å². The van der Waals surface area contributed by atoms with Crippen LogP contribution in [-0.2, 0) is 6.54 Å². The third-order valence-electron chi connectivity index (χ3n) is 3.44. The molecule has 4 heteroatoms. The van der Waals surface area contributed by atoms with Gasteiger partial charge in [-0.05, 0) is 36.8 Å². The molecule has 3 aromatic rings. The summed E-state index contributed by atoms with van der Waals surface area (Å²) in [5, 5.41) is 3.95. The summed E-state index contributed by atoms with van der Waals surface area (Å²) in [5.74, 6) is 0.706. The number of fused-ring (bicyclic) bond motifs is 1. The fourth-order valence-corrected chi connectivity index (χ4v) is 2.39. The number of amides is 1. The van der Waals surface area contributed by atoms with Gasteiger partial charge in [0.25, 0.3) is 5.91 Å². The molecule has 1 amide bonds. The molecule has 2 N–H and O–H groups in total. The van der Waals surface area contributed by atoms with Crippen LogP contribution in [-0.4, -0.2) is 17.5 Å². The second kappa shape index (κ2) is 6.35. The number of benzene rings is 2. The Kier molecular flexibility index (Phi) is 4.10. The SMILES string of the molecule is CCOc1cccc(CNC(=O)c2cc3ccccc3[nH]2)c1. The summed E-state index contributed by atoms with van der Waals surface area (Å²) in [6.45, 7) is 3.05. The van der Waals surface area contributed by atoms with Gasteiger partial charge in [-0.2, -0.15) is 0 Å². The Hall–Kier alpha value is -2.75. The van der Waals surface area contributed by atoms with Crippen molar-refractivity contribution in [1.29, 1.82) is 0 Å². The minimum atomic E-state index is -0.113. The molecule has 2 aromatic carbocycles. The molecule has 1 aromatic heterocycles. The van der Waals surface area contributed by atoms with Crippen molar-refractivity contribution in [2.75, 3.05) is 6.61 Å². The maximum Gasteiger partial charge on any atom is 0.267 e. The zero-order valence-corrected chi connectivity index (χ0v) is 12.4.